The largest absolute Gasteiger partial charge is 0.395 e. The normalized spacial score (nSPS) is 31.4. The number of benzene rings is 1. The van der Waals surface area contributed by atoms with Gasteiger partial charge in [0.2, 0.25) is 0 Å². The Bertz CT molecular complexity index is 400. The van der Waals surface area contributed by atoms with Crippen LogP contribution >= 0.6 is 0 Å². The summed E-state index contributed by atoms with van der Waals surface area (Å²) >= 11 is 0. The van der Waals surface area contributed by atoms with Crippen LogP contribution in [-0.4, -0.2) is 69.4 Å². The molecule has 1 saturated heterocycles. The van der Waals surface area contributed by atoms with Gasteiger partial charge in [0.25, 0.3) is 0 Å². The average molecular weight is 281 g/mol. The van der Waals surface area contributed by atoms with Crippen LogP contribution in [0, 0.1) is 0 Å². The van der Waals surface area contributed by atoms with Crippen LogP contribution in [0.2, 0.25) is 0 Å². The zero-order valence-corrected chi connectivity index (χ0v) is 11.5. The van der Waals surface area contributed by atoms with Crippen LogP contribution in [0.15, 0.2) is 30.3 Å². The highest BCUT2D eigenvalue weighted by Crippen LogP contribution is 2.19. The molecule has 1 aromatic rings. The Labute approximate surface area is 119 Å². The van der Waals surface area contributed by atoms with Crippen molar-refractivity contribution in [3.63, 3.8) is 0 Å². The molecule has 4 unspecified atom stereocenters. The maximum absolute atomic E-state index is 9.88. The van der Waals surface area contributed by atoms with Crippen molar-refractivity contribution in [3.8, 4) is 0 Å². The number of aliphatic hydroxyl groups is 4. The molecule has 1 aliphatic rings. The molecular formula is C15H23NO4. The molecule has 4 atom stereocenters. The first-order valence-corrected chi connectivity index (χ1v) is 7.06. The molecule has 1 aliphatic heterocycles. The molecule has 5 heteroatoms. The average Bonchev–Trinajstić information content (AvgIpc) is 2.46. The summed E-state index contributed by atoms with van der Waals surface area (Å²) in [6, 6.07) is 9.58. The molecule has 0 aliphatic carbocycles. The molecule has 1 heterocycles. The predicted molar refractivity (Wildman–Crippen MR) is 75.2 cm³/mol. The van der Waals surface area contributed by atoms with Crippen molar-refractivity contribution in [2.75, 3.05) is 19.7 Å². The van der Waals surface area contributed by atoms with Crippen molar-refractivity contribution >= 4 is 0 Å². The van der Waals surface area contributed by atoms with Crippen LogP contribution in [-0.2, 0) is 6.42 Å². The number of aryl methyl sites for hydroxylation is 1. The van der Waals surface area contributed by atoms with Crippen LogP contribution in [0.1, 0.15) is 12.0 Å². The third-order valence-corrected chi connectivity index (χ3v) is 3.97. The van der Waals surface area contributed by atoms with Crippen molar-refractivity contribution in [1.82, 2.24) is 4.90 Å². The molecule has 0 aromatic heterocycles. The first-order valence-electron chi connectivity index (χ1n) is 7.06. The van der Waals surface area contributed by atoms with Gasteiger partial charge in [-0.15, -0.1) is 0 Å². The predicted octanol–water partition coefficient (Wildman–Crippen LogP) is -0.622. The molecule has 0 spiro atoms. The zero-order chi connectivity index (χ0) is 14.5. The lowest BCUT2D eigenvalue weighted by atomic mass is 9.94. The second-order valence-corrected chi connectivity index (χ2v) is 5.38. The summed E-state index contributed by atoms with van der Waals surface area (Å²) in [6.45, 7) is 0.718. The van der Waals surface area contributed by atoms with Gasteiger partial charge >= 0.3 is 0 Å². The van der Waals surface area contributed by atoms with Crippen LogP contribution in [0.3, 0.4) is 0 Å². The minimum absolute atomic E-state index is 0.226. The van der Waals surface area contributed by atoms with Crippen LogP contribution in [0.25, 0.3) is 0 Å². The molecule has 0 amide bonds. The Morgan fingerprint density at radius 3 is 2.40 bits per heavy atom. The lowest BCUT2D eigenvalue weighted by Crippen LogP contribution is -2.62. The lowest BCUT2D eigenvalue weighted by molar-refractivity contribution is -0.145. The summed E-state index contributed by atoms with van der Waals surface area (Å²) in [4.78, 5) is 1.85. The number of β-amino-alcohol motifs (C(OH)–C–C–N with tert-alkyl or cyclic N) is 1. The summed E-state index contributed by atoms with van der Waals surface area (Å²) in [5.74, 6) is 0. The van der Waals surface area contributed by atoms with Crippen LogP contribution in [0.4, 0.5) is 0 Å². The van der Waals surface area contributed by atoms with Gasteiger partial charge in [0.05, 0.1) is 18.8 Å². The second kappa shape index (κ2) is 7.15. The number of aliphatic hydroxyl groups excluding tert-OH is 4. The number of hydrogen-bond donors (Lipinski definition) is 4. The van der Waals surface area contributed by atoms with Gasteiger partial charge in [-0.2, -0.15) is 0 Å². The number of likely N-dealkylation sites (tertiary alicyclic amines) is 1. The van der Waals surface area contributed by atoms with Gasteiger partial charge in [0.15, 0.2) is 0 Å². The standard InChI is InChI=1S/C15H23NO4/c17-10-12-14(19)15(20)13(18)9-16(12)8-4-7-11-5-2-1-3-6-11/h1-3,5-6,12-15,17-20H,4,7-10H2. The SMILES string of the molecule is OCC1C(O)C(O)C(O)CN1CCCc1ccccc1. The van der Waals surface area contributed by atoms with Crippen molar-refractivity contribution in [3.05, 3.63) is 35.9 Å². The van der Waals surface area contributed by atoms with Gasteiger partial charge in [0.1, 0.15) is 12.2 Å². The zero-order valence-electron chi connectivity index (χ0n) is 11.5. The summed E-state index contributed by atoms with van der Waals surface area (Å²) in [5, 5.41) is 38.6. The van der Waals surface area contributed by atoms with E-state index >= 15 is 0 Å². The summed E-state index contributed by atoms with van der Waals surface area (Å²) in [5.41, 5.74) is 1.24. The van der Waals surface area contributed by atoms with Gasteiger partial charge in [-0.3, -0.25) is 4.90 Å². The molecular weight excluding hydrogens is 258 g/mol. The first kappa shape index (κ1) is 15.4. The van der Waals surface area contributed by atoms with E-state index < -0.39 is 24.4 Å². The quantitative estimate of drug-likeness (QED) is 0.578. The Kier molecular flexibility index (Phi) is 5.51. The summed E-state index contributed by atoms with van der Waals surface area (Å²) in [7, 11) is 0. The van der Waals surface area contributed by atoms with E-state index in [0.717, 1.165) is 12.8 Å². The fourth-order valence-electron chi connectivity index (χ4n) is 2.77. The van der Waals surface area contributed by atoms with Crippen LogP contribution < -0.4 is 0 Å². The van der Waals surface area contributed by atoms with E-state index in [4.69, 9.17) is 0 Å². The smallest absolute Gasteiger partial charge is 0.109 e. The topological polar surface area (TPSA) is 84.2 Å². The van der Waals surface area contributed by atoms with Gasteiger partial charge in [0, 0.05) is 6.54 Å². The van der Waals surface area contributed by atoms with Gasteiger partial charge < -0.3 is 20.4 Å². The Hall–Kier alpha value is -0.980. The molecule has 1 fully saturated rings. The van der Waals surface area contributed by atoms with E-state index in [-0.39, 0.29) is 13.2 Å². The second-order valence-electron chi connectivity index (χ2n) is 5.38. The number of hydrogen-bond acceptors (Lipinski definition) is 5. The Morgan fingerprint density at radius 2 is 1.75 bits per heavy atom. The molecule has 0 saturated carbocycles. The van der Waals surface area contributed by atoms with Gasteiger partial charge in [-0.25, -0.2) is 0 Å². The molecule has 0 bridgehead atoms. The van der Waals surface area contributed by atoms with E-state index in [1.54, 1.807) is 0 Å². The van der Waals surface area contributed by atoms with Crippen molar-refractivity contribution < 1.29 is 20.4 Å². The molecule has 4 N–H and O–H groups in total. The minimum atomic E-state index is -1.18. The Balaban J connectivity index is 1.87. The van der Waals surface area contributed by atoms with E-state index in [0.29, 0.717) is 6.54 Å². The maximum atomic E-state index is 9.88. The molecule has 2 rings (SSSR count). The van der Waals surface area contributed by atoms with E-state index in [1.807, 2.05) is 23.1 Å². The third-order valence-electron chi connectivity index (χ3n) is 3.97. The summed E-state index contributed by atoms with van der Waals surface area (Å²) in [6.07, 6.45) is -1.48. The number of rotatable bonds is 5. The van der Waals surface area contributed by atoms with Gasteiger partial charge in [-0.1, -0.05) is 30.3 Å². The minimum Gasteiger partial charge on any atom is -0.395 e. The fraction of sp³-hybridized carbons (Fsp3) is 0.600. The van der Waals surface area contributed by atoms with E-state index in [2.05, 4.69) is 12.1 Å². The Morgan fingerprint density at radius 1 is 1.05 bits per heavy atom. The molecule has 5 nitrogen and oxygen atoms in total. The molecule has 0 radical (unpaired) electrons. The van der Waals surface area contributed by atoms with Crippen LogP contribution in [0.5, 0.6) is 0 Å². The fourth-order valence-corrected chi connectivity index (χ4v) is 2.77. The molecule has 112 valence electrons. The van der Waals surface area contributed by atoms with E-state index in [9.17, 15) is 20.4 Å². The molecule has 1 aromatic carbocycles. The third kappa shape index (κ3) is 3.56. The maximum Gasteiger partial charge on any atom is 0.109 e. The van der Waals surface area contributed by atoms with Crippen molar-refractivity contribution in [2.24, 2.45) is 0 Å². The van der Waals surface area contributed by atoms with E-state index in [1.165, 1.54) is 5.56 Å². The highest BCUT2D eigenvalue weighted by Gasteiger charge is 2.40. The molecule has 20 heavy (non-hydrogen) atoms. The monoisotopic (exact) mass is 281 g/mol. The number of nitrogens with zero attached hydrogens (tertiary/aromatic N) is 1. The summed E-state index contributed by atoms with van der Waals surface area (Å²) < 4.78 is 0. The van der Waals surface area contributed by atoms with Gasteiger partial charge in [-0.05, 0) is 24.9 Å². The van der Waals surface area contributed by atoms with Crippen molar-refractivity contribution in [1.29, 1.82) is 0 Å². The lowest BCUT2D eigenvalue weighted by Gasteiger charge is -2.43. The first-order chi connectivity index (χ1) is 9.63. The van der Waals surface area contributed by atoms with Crippen molar-refractivity contribution in [2.45, 2.75) is 37.2 Å². The highest BCUT2D eigenvalue weighted by molar-refractivity contribution is 5.14. The highest BCUT2D eigenvalue weighted by atomic mass is 16.4. The number of piperidine rings is 1.